The molecule has 7 fully saturated rings. The molecule has 0 amide bonds. The standard InChI is InChI=1S/C33H34Cl2N2O7S.C29H30Cl2N2O6S/c34-26-2-1-3-27(35)30(26)31-25(32(44-36-31)20-4-5-20)17-43-29-15-24-14-22(29)16-37(24)23-10-8-19(9-11-23)28(38)18-45(40,41)13-12-42-33(39)21-6-7-21;30-23-2-1-3-24(31)27(23)28-22(29(39-32-28)18-4-5-18)15-38-26-13-21-12-19(26)14-33(21)20-8-6-17(7-9-20)25(35)16-40(36,37)11-10-34/h1-3,8-11,20-22,24,29H,4-7,12-18H2;1-3,6-9,18-19,21,26,34H,4-5,10-16H2/t22-,24-,29+;19-,21-,26+/m00/s1. The number of fused-ring (bicyclic) bond motifs is 4. The molecular formula is C62H64Cl4N4O13S2. The Morgan fingerprint density at radius 3 is 1.34 bits per heavy atom. The van der Waals surface area contributed by atoms with Crippen molar-refractivity contribution in [3.05, 3.63) is 139 Å². The van der Waals surface area contributed by atoms with Gasteiger partial charge in [0.2, 0.25) is 0 Å². The first-order valence-electron chi connectivity index (χ1n) is 29.0. The largest absolute Gasteiger partial charge is 0.464 e. The Bertz CT molecular complexity index is 3680. The Morgan fingerprint density at radius 1 is 0.565 bits per heavy atom. The molecule has 0 radical (unpaired) electrons. The van der Waals surface area contributed by atoms with Crippen LogP contribution in [0.2, 0.25) is 20.1 Å². The van der Waals surface area contributed by atoms with E-state index in [1.807, 2.05) is 36.4 Å². The second kappa shape index (κ2) is 25.0. The molecule has 0 spiro atoms. The minimum atomic E-state index is -3.69. The molecular weight excluding hydrogens is 1210 g/mol. The number of hydrogen-bond donors (Lipinski definition) is 1. The van der Waals surface area contributed by atoms with Crippen molar-refractivity contribution >= 4 is 95.0 Å². The van der Waals surface area contributed by atoms with Gasteiger partial charge in [-0.05, 0) is 137 Å². The summed E-state index contributed by atoms with van der Waals surface area (Å²) in [5.74, 6) is -0.186. The van der Waals surface area contributed by atoms with Gasteiger partial charge in [-0.2, -0.15) is 0 Å². The van der Waals surface area contributed by atoms with Gasteiger partial charge in [-0.1, -0.05) is 68.8 Å². The Labute approximate surface area is 513 Å². The predicted molar refractivity (Wildman–Crippen MR) is 322 cm³/mol. The van der Waals surface area contributed by atoms with Crippen LogP contribution in [0.3, 0.4) is 0 Å². The molecule has 4 heterocycles. The van der Waals surface area contributed by atoms with Gasteiger partial charge in [-0.25, -0.2) is 16.8 Å². The van der Waals surface area contributed by atoms with E-state index in [1.165, 1.54) is 0 Å². The lowest BCUT2D eigenvalue weighted by Gasteiger charge is -2.33. The van der Waals surface area contributed by atoms with Crippen LogP contribution in [-0.4, -0.2) is 123 Å². The average Bonchev–Trinajstić information content (AvgIpc) is 2.35. The SMILES string of the molecule is O=C(CS(=O)(=O)CCO)c1ccc(N2C[C@@H]3C[C@H]2C[C@H]3OCc2c(-c3c(Cl)cccc3Cl)noc2C2CC2)cc1.O=C(CS(=O)(=O)CCOC(=O)C1CC1)c1ccc(N2C[C@@H]3C[C@H]2C[C@H]3OCc2c(-c3c(Cl)cccc3Cl)noc2C2CC2)cc1. The third kappa shape index (κ3) is 13.6. The van der Waals surface area contributed by atoms with Crippen molar-refractivity contribution in [3.8, 4) is 22.5 Å². The zero-order chi connectivity index (χ0) is 59.3. The number of ether oxygens (including phenoxy) is 3. The number of Topliss-reactive ketones (excluding diaryl/α,β-unsaturated/α-hetero) is 2. The van der Waals surface area contributed by atoms with E-state index < -0.39 is 55.1 Å². The molecule has 2 aromatic heterocycles. The average molecular weight is 1280 g/mol. The van der Waals surface area contributed by atoms with Gasteiger partial charge >= 0.3 is 5.97 Å². The number of carbonyl (C=O) groups is 3. The topological polar surface area (TPSA) is 226 Å². The number of rotatable bonds is 24. The van der Waals surface area contributed by atoms with Crippen LogP contribution >= 0.6 is 46.4 Å². The molecule has 7 aliphatic rings. The van der Waals surface area contributed by atoms with Crippen molar-refractivity contribution in [2.45, 2.75) is 114 Å². The Morgan fingerprint density at radius 2 is 0.976 bits per heavy atom. The fraction of sp³-hybridized carbons (Fsp3) is 0.468. The number of esters is 1. The Kier molecular flexibility index (Phi) is 17.7. The number of benzene rings is 4. The van der Waals surface area contributed by atoms with E-state index >= 15 is 0 Å². The number of hydrogen-bond acceptors (Lipinski definition) is 17. The molecule has 13 rings (SSSR count). The van der Waals surface area contributed by atoms with E-state index in [9.17, 15) is 31.2 Å². The summed E-state index contributed by atoms with van der Waals surface area (Å²) in [5, 5.41) is 19.7. The maximum Gasteiger partial charge on any atom is 0.308 e. The van der Waals surface area contributed by atoms with E-state index in [0.717, 1.165) is 111 Å². The molecule has 23 heteroatoms. The highest BCUT2D eigenvalue weighted by Gasteiger charge is 2.47. The predicted octanol–water partition coefficient (Wildman–Crippen LogP) is 11.6. The summed E-state index contributed by atoms with van der Waals surface area (Å²) in [6.07, 6.45) is 9.86. The van der Waals surface area contributed by atoms with Gasteiger partial charge in [-0.3, -0.25) is 14.4 Å². The number of ketones is 2. The zero-order valence-electron chi connectivity index (χ0n) is 46.4. The Hall–Kier alpha value is -5.35. The number of nitrogens with zero attached hydrogens (tertiary/aromatic N) is 4. The van der Waals surface area contributed by atoms with Crippen molar-refractivity contribution in [1.29, 1.82) is 0 Å². The van der Waals surface area contributed by atoms with E-state index in [0.29, 0.717) is 103 Å². The second-order valence-corrected chi connectivity index (χ2v) is 29.6. The Balaban J connectivity index is 0.000000168. The third-order valence-corrected chi connectivity index (χ3v) is 21.7. The van der Waals surface area contributed by atoms with Gasteiger partial charge in [-0.15, -0.1) is 0 Å². The molecule has 5 aliphatic carbocycles. The summed E-state index contributed by atoms with van der Waals surface area (Å²) >= 11 is 26.0. The molecule has 5 saturated carbocycles. The van der Waals surface area contributed by atoms with Crippen LogP contribution in [0.4, 0.5) is 11.4 Å². The molecule has 0 unspecified atom stereocenters. The highest BCUT2D eigenvalue weighted by molar-refractivity contribution is 7.92. The summed E-state index contributed by atoms with van der Waals surface area (Å²) in [6.45, 7) is 1.73. The first-order chi connectivity index (χ1) is 40.9. The van der Waals surface area contributed by atoms with Gasteiger partial charge in [0.15, 0.2) is 31.2 Å². The number of aromatic nitrogens is 2. The van der Waals surface area contributed by atoms with Crippen LogP contribution < -0.4 is 9.80 Å². The molecule has 1 N–H and O–H groups in total. The van der Waals surface area contributed by atoms with Gasteiger partial charge in [0.05, 0.1) is 69.5 Å². The van der Waals surface area contributed by atoms with Crippen LogP contribution in [0, 0.1) is 17.8 Å². The fourth-order valence-electron chi connectivity index (χ4n) is 12.6. The highest BCUT2D eigenvalue weighted by Crippen LogP contribution is 2.50. The number of halogens is 4. The summed E-state index contributed by atoms with van der Waals surface area (Å²) in [7, 11) is -7.31. The highest BCUT2D eigenvalue weighted by atomic mass is 35.5. The van der Waals surface area contributed by atoms with Crippen molar-refractivity contribution < 1.29 is 59.6 Å². The molecule has 2 aliphatic heterocycles. The molecule has 17 nitrogen and oxygen atoms in total. The summed E-state index contributed by atoms with van der Waals surface area (Å²) < 4.78 is 78.3. The second-order valence-electron chi connectivity index (χ2n) is 23.6. The van der Waals surface area contributed by atoms with E-state index in [4.69, 9.17) is 74.8 Å². The number of anilines is 2. The quantitative estimate of drug-likeness (QED) is 0.0439. The lowest BCUT2D eigenvalue weighted by Crippen LogP contribution is -2.38. The lowest BCUT2D eigenvalue weighted by atomic mass is 10.0. The minimum Gasteiger partial charge on any atom is -0.464 e. The third-order valence-electron chi connectivity index (χ3n) is 17.5. The van der Waals surface area contributed by atoms with Crippen LogP contribution in [0.25, 0.3) is 22.5 Å². The van der Waals surface area contributed by atoms with Gasteiger partial charge < -0.3 is 38.2 Å². The van der Waals surface area contributed by atoms with Crippen molar-refractivity contribution in [2.24, 2.45) is 17.8 Å². The van der Waals surface area contributed by atoms with Crippen molar-refractivity contribution in [2.75, 3.05) is 59.1 Å². The molecule has 4 aromatic carbocycles. The van der Waals surface area contributed by atoms with Gasteiger partial charge in [0, 0.05) is 93.6 Å². The zero-order valence-corrected chi connectivity index (χ0v) is 51.0. The molecule has 4 bridgehead atoms. The first kappa shape index (κ1) is 60.0. The van der Waals surface area contributed by atoms with E-state index in [2.05, 4.69) is 20.1 Å². The number of carbonyl (C=O) groups excluding carboxylic acids is 3. The number of aliphatic hydroxyl groups excluding tert-OH is 1. The fourth-order valence-corrected chi connectivity index (χ4v) is 15.8. The van der Waals surface area contributed by atoms with E-state index in [-0.39, 0.29) is 36.5 Å². The molecule has 450 valence electrons. The smallest absolute Gasteiger partial charge is 0.308 e. The number of sulfone groups is 2. The number of aliphatic hydroxyl groups is 1. The minimum absolute atomic E-state index is 0.0924. The molecule has 6 atom stereocenters. The van der Waals surface area contributed by atoms with Crippen LogP contribution in [-0.2, 0) is 51.9 Å². The number of piperidine rings is 2. The summed E-state index contributed by atoms with van der Waals surface area (Å²) in [5.41, 5.74) is 7.20. The van der Waals surface area contributed by atoms with Gasteiger partial charge in [0.1, 0.15) is 41.0 Å². The molecule has 6 aromatic rings. The molecule has 85 heavy (non-hydrogen) atoms. The molecule has 2 saturated heterocycles. The van der Waals surface area contributed by atoms with Crippen LogP contribution in [0.1, 0.15) is 119 Å². The summed E-state index contributed by atoms with van der Waals surface area (Å²) in [4.78, 5) is 41.5. The maximum absolute atomic E-state index is 12.7. The normalized spacial score (nSPS) is 22.5. The van der Waals surface area contributed by atoms with Crippen molar-refractivity contribution in [3.63, 3.8) is 0 Å². The van der Waals surface area contributed by atoms with Gasteiger partial charge in [0.25, 0.3) is 0 Å². The van der Waals surface area contributed by atoms with Crippen LogP contribution in [0.15, 0.2) is 94.0 Å². The summed E-state index contributed by atoms with van der Waals surface area (Å²) in [6, 6.07) is 25.7. The van der Waals surface area contributed by atoms with Crippen LogP contribution in [0.5, 0.6) is 0 Å². The monoisotopic (exact) mass is 1280 g/mol. The lowest BCUT2D eigenvalue weighted by molar-refractivity contribution is -0.144. The van der Waals surface area contributed by atoms with Crippen molar-refractivity contribution in [1.82, 2.24) is 10.3 Å². The maximum atomic E-state index is 12.7. The first-order valence-corrected chi connectivity index (χ1v) is 34.1. The van der Waals surface area contributed by atoms with E-state index in [1.54, 1.807) is 48.5 Å².